The van der Waals surface area contributed by atoms with Crippen molar-refractivity contribution in [1.82, 2.24) is 17.6 Å². The molecule has 0 bridgehead atoms. The molecule has 16 aromatic carbocycles. The number of nitrogens with zero attached hydrogens (tertiary/aromatic N) is 4. The van der Waals surface area contributed by atoms with E-state index < -0.39 is 10.8 Å². The normalized spacial score (nSPS) is 15.2. The first-order valence-corrected chi connectivity index (χ1v) is 35.8. The summed E-state index contributed by atoms with van der Waals surface area (Å²) in [7, 11) is 0. The first-order valence-electron chi connectivity index (χ1n) is 35.8. The number of hydrogen-bond donors (Lipinski definition) is 0. The van der Waals surface area contributed by atoms with Gasteiger partial charge in [-0.05, 0) is 132 Å². The summed E-state index contributed by atoms with van der Waals surface area (Å²) in [6, 6.07) is 126. The summed E-state index contributed by atoms with van der Waals surface area (Å²) in [6.45, 7) is 0. The second-order valence-corrected chi connectivity index (χ2v) is 29.1. The lowest BCUT2D eigenvalue weighted by Gasteiger charge is -2.34. The Balaban J connectivity index is 0.709. The van der Waals surface area contributed by atoms with Gasteiger partial charge in [0, 0.05) is 86.2 Å². The molecule has 2 aliphatic rings. The Morgan fingerprint density at radius 2 is 0.618 bits per heavy atom. The van der Waals surface area contributed by atoms with Crippen LogP contribution in [0.4, 0.5) is 0 Å². The predicted octanol–water partition coefficient (Wildman–Crippen LogP) is 24.7. The summed E-state index contributed by atoms with van der Waals surface area (Å²) in [4.78, 5) is 0. The highest BCUT2D eigenvalue weighted by atomic mass is 15.0. The molecular weight excluding hydrogens is 1230 g/mol. The van der Waals surface area contributed by atoms with E-state index in [0.29, 0.717) is 0 Å². The highest BCUT2D eigenvalue weighted by Crippen LogP contribution is 2.63. The van der Waals surface area contributed by atoms with Gasteiger partial charge in [0.2, 0.25) is 0 Å². The molecule has 0 N–H and O–H groups in total. The van der Waals surface area contributed by atoms with Crippen molar-refractivity contribution in [3.63, 3.8) is 0 Å². The van der Waals surface area contributed by atoms with Crippen LogP contribution in [-0.2, 0) is 10.8 Å². The van der Waals surface area contributed by atoms with Crippen molar-refractivity contribution in [2.24, 2.45) is 0 Å². The highest BCUT2D eigenvalue weighted by molar-refractivity contribution is 6.40. The van der Waals surface area contributed by atoms with Gasteiger partial charge in [-0.2, -0.15) is 0 Å². The summed E-state index contributed by atoms with van der Waals surface area (Å²) in [5.74, 6) is 0. The van der Waals surface area contributed by atoms with Gasteiger partial charge in [-0.3, -0.25) is 0 Å². The van der Waals surface area contributed by atoms with Crippen molar-refractivity contribution in [3.05, 3.63) is 372 Å². The molecule has 0 fully saturated rings. The first-order chi connectivity index (χ1) is 50.7. The van der Waals surface area contributed by atoms with Crippen LogP contribution in [0, 0.1) is 0 Å². The van der Waals surface area contributed by atoms with E-state index in [-0.39, 0.29) is 0 Å². The molecule has 8 aromatic heterocycles. The Hall–Kier alpha value is -13.3. The summed E-state index contributed by atoms with van der Waals surface area (Å²) < 4.78 is 10.4. The van der Waals surface area contributed by atoms with Crippen LogP contribution in [0.5, 0.6) is 0 Å². The van der Waals surface area contributed by atoms with E-state index in [1.807, 2.05) is 0 Å². The zero-order valence-corrected chi connectivity index (χ0v) is 55.0. The van der Waals surface area contributed by atoms with Crippen LogP contribution in [0.1, 0.15) is 44.5 Å². The summed E-state index contributed by atoms with van der Waals surface area (Å²) in [5, 5.41) is 20.7. The minimum Gasteiger partial charge on any atom is -0.308 e. The van der Waals surface area contributed by atoms with Gasteiger partial charge in [-0.25, -0.2) is 0 Å². The molecule has 0 radical (unpaired) electrons. The molecule has 0 spiro atoms. The van der Waals surface area contributed by atoms with Crippen molar-refractivity contribution < 1.29 is 0 Å². The third kappa shape index (κ3) is 5.83. The molecule has 1 atom stereocenters. The lowest BCUT2D eigenvalue weighted by Crippen LogP contribution is -2.28. The first kappa shape index (κ1) is 52.8. The Morgan fingerprint density at radius 1 is 0.186 bits per heavy atom. The minimum absolute atomic E-state index is 0.500. The van der Waals surface area contributed by atoms with Gasteiger partial charge in [0.05, 0.1) is 77.0 Å². The Morgan fingerprint density at radius 3 is 1.25 bits per heavy atom. The van der Waals surface area contributed by atoms with Crippen LogP contribution in [-0.4, -0.2) is 17.6 Å². The van der Waals surface area contributed by atoms with Gasteiger partial charge in [0.1, 0.15) is 0 Å². The quantitative estimate of drug-likeness (QED) is 0.163. The van der Waals surface area contributed by atoms with E-state index in [9.17, 15) is 0 Å². The third-order valence-electron chi connectivity index (χ3n) is 25.0. The van der Waals surface area contributed by atoms with Crippen LogP contribution < -0.4 is 0 Å². The van der Waals surface area contributed by atoms with Crippen molar-refractivity contribution in [1.29, 1.82) is 0 Å². The Kier molecular flexibility index (Phi) is 9.39. The number of aromatic nitrogens is 4. The second-order valence-electron chi connectivity index (χ2n) is 29.1. The molecule has 24 aromatic rings. The molecule has 0 amide bonds. The number of rotatable bonds is 5. The number of hydrogen-bond acceptors (Lipinski definition) is 0. The average Bonchev–Trinajstić information content (AvgIpc) is 1.50. The predicted molar refractivity (Wildman–Crippen MR) is 425 cm³/mol. The van der Waals surface area contributed by atoms with Gasteiger partial charge in [-0.15, -0.1) is 0 Å². The molecule has 8 heterocycles. The molecule has 2 aliphatic carbocycles. The Labute approximate surface area is 582 Å². The van der Waals surface area contributed by atoms with E-state index in [1.165, 1.54) is 230 Å². The van der Waals surface area contributed by atoms with Crippen molar-refractivity contribution >= 4 is 152 Å². The fraction of sp³-hybridized carbons (Fsp3) is 0.0204. The van der Waals surface area contributed by atoms with Crippen molar-refractivity contribution in [3.8, 4) is 33.4 Å². The van der Waals surface area contributed by atoms with Crippen LogP contribution in [0.25, 0.3) is 186 Å². The van der Waals surface area contributed by atoms with Gasteiger partial charge in [0.25, 0.3) is 0 Å². The van der Waals surface area contributed by atoms with E-state index in [0.717, 1.165) is 0 Å². The SMILES string of the molecule is c1ccc(C2(c3ccccc3)c3ccccc3-c3c2ccc2c3c3cccc4c5c6c7ccccc7n7c8cc(-c9cccc(C%10(c%11ccccc%11)c%11ccccc%11-c%11ccc%12c(c%11%10)c%10cccc%11c%13c%14c%15ccccc%15n%15c%16ccccc%16c(cc%13n%12c%10%11)c%14%15)c9)ccc8c(cc5n2c34)c67)cc1. The van der Waals surface area contributed by atoms with Crippen LogP contribution in [0.3, 0.4) is 0 Å². The van der Waals surface area contributed by atoms with Gasteiger partial charge < -0.3 is 17.6 Å². The number of benzene rings is 16. The standard InChI is InChI=1S/C98H54N4/c1-4-24-57(25-5-1)97(58-26-6-2-7-27-58)75-41-16-11-33-65(75)85-76(97)48-50-80-86(85)68-36-21-37-69-87-83(101(80)93(68)69)54-73-63-46-45-56(52-82(63)100-79-44-19-14-35-67(79)91(87)96(73)100)55-23-20-30-60(51-55)98(59-28-8-3-9-29-59)74-40-15-10-31-61(74)64-47-49-81-89(92(64)98)71-39-22-38-70-88-84(102(81)94(70)71)53-72-62-32-12-17-42-77(62)99-78-43-18-13-34-66(78)90(88)95(72)99/h1-54H. The fourth-order valence-corrected chi connectivity index (χ4v) is 21.5. The molecule has 466 valence electrons. The highest BCUT2D eigenvalue weighted by Gasteiger charge is 2.50. The molecular formula is C98H54N4. The number of para-hydroxylation sites is 5. The zero-order valence-electron chi connectivity index (χ0n) is 55.0. The summed E-state index contributed by atoms with van der Waals surface area (Å²) in [6.07, 6.45) is 0. The van der Waals surface area contributed by atoms with Crippen molar-refractivity contribution in [2.45, 2.75) is 10.8 Å². The topological polar surface area (TPSA) is 17.6 Å². The maximum Gasteiger partial charge on any atom is 0.0720 e. The molecule has 102 heavy (non-hydrogen) atoms. The van der Waals surface area contributed by atoms with Gasteiger partial charge in [-0.1, -0.05) is 273 Å². The maximum absolute atomic E-state index is 2.64. The maximum atomic E-state index is 2.64. The van der Waals surface area contributed by atoms with Crippen molar-refractivity contribution in [2.75, 3.05) is 0 Å². The lowest BCUT2D eigenvalue weighted by molar-refractivity contribution is 0.769. The van der Waals surface area contributed by atoms with E-state index in [4.69, 9.17) is 0 Å². The van der Waals surface area contributed by atoms with E-state index >= 15 is 0 Å². The smallest absolute Gasteiger partial charge is 0.0720 e. The van der Waals surface area contributed by atoms with E-state index in [2.05, 4.69) is 345 Å². The third-order valence-corrected chi connectivity index (χ3v) is 25.0. The van der Waals surface area contributed by atoms with E-state index in [1.54, 1.807) is 0 Å². The largest absolute Gasteiger partial charge is 0.308 e. The molecule has 0 saturated heterocycles. The molecule has 1 unspecified atom stereocenters. The monoisotopic (exact) mass is 1290 g/mol. The number of fused-ring (bicyclic) bond motifs is 34. The zero-order chi connectivity index (χ0) is 65.7. The molecule has 26 rings (SSSR count). The summed E-state index contributed by atoms with van der Waals surface area (Å²) >= 11 is 0. The van der Waals surface area contributed by atoms with Gasteiger partial charge >= 0.3 is 0 Å². The second kappa shape index (κ2) is 18.1. The summed E-state index contributed by atoms with van der Waals surface area (Å²) in [5.41, 5.74) is 31.8. The van der Waals surface area contributed by atoms with Crippen LogP contribution in [0.2, 0.25) is 0 Å². The minimum atomic E-state index is -0.693. The molecule has 4 nitrogen and oxygen atoms in total. The molecule has 0 saturated carbocycles. The average molecular weight is 1290 g/mol. The Bertz CT molecular complexity index is 7820. The van der Waals surface area contributed by atoms with Gasteiger partial charge in [0.15, 0.2) is 0 Å². The van der Waals surface area contributed by atoms with Crippen LogP contribution in [0.15, 0.2) is 328 Å². The fourth-order valence-electron chi connectivity index (χ4n) is 21.5. The molecule has 0 aliphatic heterocycles. The molecule has 4 heteroatoms. The van der Waals surface area contributed by atoms with Crippen LogP contribution >= 0.6 is 0 Å². The lowest BCUT2D eigenvalue weighted by atomic mass is 9.66.